The second kappa shape index (κ2) is 3.45. The third-order valence-corrected chi connectivity index (χ3v) is 3.03. The van der Waals surface area contributed by atoms with Gasteiger partial charge in [0.2, 0.25) is 0 Å². The normalized spacial score (nSPS) is 20.7. The van der Waals surface area contributed by atoms with E-state index in [1.54, 1.807) is 12.1 Å². The molecule has 2 heterocycles. The molecule has 16 heavy (non-hydrogen) atoms. The minimum absolute atomic E-state index is 0.0850. The fraction of sp³-hybridized carbons (Fsp3) is 0.364. The van der Waals surface area contributed by atoms with Crippen LogP contribution in [-0.2, 0) is 0 Å². The molecule has 0 aliphatic carbocycles. The van der Waals surface area contributed by atoms with Crippen molar-refractivity contribution in [2.24, 2.45) is 0 Å². The highest BCUT2D eigenvalue weighted by molar-refractivity contribution is 5.75. The monoisotopic (exact) mass is 221 g/mol. The van der Waals surface area contributed by atoms with Crippen LogP contribution in [0.15, 0.2) is 23.0 Å². The molecule has 5 heteroatoms. The molecule has 1 unspecified atom stereocenters. The summed E-state index contributed by atoms with van der Waals surface area (Å²) >= 11 is 0. The predicted molar refractivity (Wildman–Crippen MR) is 58.8 cm³/mol. The summed E-state index contributed by atoms with van der Waals surface area (Å²) in [5.41, 5.74) is 0.671. The zero-order valence-electron chi connectivity index (χ0n) is 8.66. The van der Waals surface area contributed by atoms with E-state index in [4.69, 9.17) is 0 Å². The average molecular weight is 221 g/mol. The van der Waals surface area contributed by atoms with Gasteiger partial charge in [0.1, 0.15) is 11.3 Å². The van der Waals surface area contributed by atoms with Crippen LogP contribution < -0.4 is 11.0 Å². The molecule has 1 fully saturated rings. The van der Waals surface area contributed by atoms with E-state index in [0.717, 1.165) is 19.4 Å². The topological polar surface area (TPSA) is 49.8 Å². The minimum atomic E-state index is -0.357. The van der Waals surface area contributed by atoms with Crippen LogP contribution in [-0.4, -0.2) is 16.1 Å². The van der Waals surface area contributed by atoms with Crippen molar-refractivity contribution in [2.75, 3.05) is 6.54 Å². The van der Waals surface area contributed by atoms with Gasteiger partial charge in [-0.05, 0) is 31.5 Å². The van der Waals surface area contributed by atoms with Gasteiger partial charge in [-0.15, -0.1) is 0 Å². The molecule has 0 amide bonds. The minimum Gasteiger partial charge on any atom is -0.305 e. The molecule has 2 N–H and O–H groups in total. The smallest absolute Gasteiger partial charge is 0.305 e. The van der Waals surface area contributed by atoms with Crippen LogP contribution in [0.25, 0.3) is 11.0 Å². The third kappa shape index (κ3) is 1.28. The van der Waals surface area contributed by atoms with Crippen LogP contribution in [0.1, 0.15) is 19.0 Å². The van der Waals surface area contributed by atoms with E-state index >= 15 is 0 Å². The van der Waals surface area contributed by atoms with Gasteiger partial charge in [-0.3, -0.25) is 9.88 Å². The molecule has 3 rings (SSSR count). The SMILES string of the molecule is O=c1[nH]c2cccc(F)c2n1C1CCCN1. The summed E-state index contributed by atoms with van der Waals surface area (Å²) in [6.07, 6.45) is 1.79. The highest BCUT2D eigenvalue weighted by atomic mass is 19.1. The van der Waals surface area contributed by atoms with E-state index in [1.165, 1.54) is 10.6 Å². The summed E-state index contributed by atoms with van der Waals surface area (Å²) in [4.78, 5) is 14.5. The zero-order valence-corrected chi connectivity index (χ0v) is 8.66. The van der Waals surface area contributed by atoms with Gasteiger partial charge in [-0.25, -0.2) is 9.18 Å². The Labute approximate surface area is 91.1 Å². The number of rotatable bonds is 1. The summed E-state index contributed by atoms with van der Waals surface area (Å²) in [6, 6.07) is 4.69. The number of imidazole rings is 1. The fourth-order valence-electron chi connectivity index (χ4n) is 2.32. The van der Waals surface area contributed by atoms with Gasteiger partial charge in [0.25, 0.3) is 0 Å². The van der Waals surface area contributed by atoms with Crippen molar-refractivity contribution in [3.63, 3.8) is 0 Å². The molecule has 0 spiro atoms. The summed E-state index contributed by atoms with van der Waals surface area (Å²) in [5, 5.41) is 3.20. The quantitative estimate of drug-likeness (QED) is 0.763. The first-order chi connectivity index (χ1) is 7.77. The molecule has 84 valence electrons. The summed E-state index contributed by atoms with van der Waals surface area (Å²) < 4.78 is 15.2. The van der Waals surface area contributed by atoms with Gasteiger partial charge in [0.05, 0.1) is 11.7 Å². The number of hydrogen-bond acceptors (Lipinski definition) is 2. The second-order valence-electron chi connectivity index (χ2n) is 4.05. The number of fused-ring (bicyclic) bond motifs is 1. The number of H-pyrrole nitrogens is 1. The maximum atomic E-state index is 13.7. The number of nitrogens with zero attached hydrogens (tertiary/aromatic N) is 1. The number of halogens is 1. The Balaban J connectivity index is 2.29. The second-order valence-corrected chi connectivity index (χ2v) is 4.05. The molecule has 0 saturated carbocycles. The summed E-state index contributed by atoms with van der Waals surface area (Å²) in [7, 11) is 0. The molecule has 0 radical (unpaired) electrons. The van der Waals surface area contributed by atoms with Crippen LogP contribution in [0.4, 0.5) is 4.39 Å². The van der Waals surface area contributed by atoms with Gasteiger partial charge in [-0.1, -0.05) is 6.07 Å². The van der Waals surface area contributed by atoms with Gasteiger partial charge in [0.15, 0.2) is 0 Å². The standard InChI is InChI=1S/C11H12FN3O/c12-7-3-1-4-8-10(7)15(11(16)14-8)9-5-2-6-13-9/h1,3-4,9,13H,2,5-6H2,(H,14,16). The highest BCUT2D eigenvalue weighted by Gasteiger charge is 2.21. The van der Waals surface area contributed by atoms with Crippen molar-refractivity contribution < 1.29 is 4.39 Å². The molecule has 4 nitrogen and oxygen atoms in total. The Morgan fingerprint density at radius 2 is 2.31 bits per heavy atom. The Bertz CT molecular complexity index is 580. The predicted octanol–water partition coefficient (Wildman–Crippen LogP) is 1.35. The number of nitrogens with one attached hydrogen (secondary N) is 2. The lowest BCUT2D eigenvalue weighted by molar-refractivity contribution is 0.463. The summed E-state index contributed by atoms with van der Waals surface area (Å²) in [5.74, 6) is -0.357. The highest BCUT2D eigenvalue weighted by Crippen LogP contribution is 2.21. The molecule has 2 aromatic rings. The summed E-state index contributed by atoms with van der Waals surface area (Å²) in [6.45, 7) is 0.873. The van der Waals surface area contributed by atoms with Crippen molar-refractivity contribution in [1.29, 1.82) is 0 Å². The lowest BCUT2D eigenvalue weighted by Gasteiger charge is -2.12. The maximum absolute atomic E-state index is 13.7. The third-order valence-electron chi connectivity index (χ3n) is 3.03. The van der Waals surface area contributed by atoms with Crippen molar-refractivity contribution in [2.45, 2.75) is 19.0 Å². The molecule has 1 aliphatic heterocycles. The number of aromatic amines is 1. The number of para-hydroxylation sites is 1. The Hall–Kier alpha value is -1.62. The Kier molecular flexibility index (Phi) is 2.07. The van der Waals surface area contributed by atoms with Gasteiger partial charge in [0, 0.05) is 0 Å². The molecule has 1 aromatic heterocycles. The molecular formula is C11H12FN3O. The van der Waals surface area contributed by atoms with Crippen LogP contribution in [0.5, 0.6) is 0 Å². The first kappa shape index (κ1) is 9.59. The fourth-order valence-corrected chi connectivity index (χ4v) is 2.32. The number of aromatic nitrogens is 2. The molecule has 1 saturated heterocycles. The number of hydrogen-bond donors (Lipinski definition) is 2. The molecular weight excluding hydrogens is 209 g/mol. The van der Waals surface area contributed by atoms with E-state index in [1.807, 2.05) is 0 Å². The first-order valence-electron chi connectivity index (χ1n) is 5.39. The molecule has 0 bridgehead atoms. The van der Waals surface area contributed by atoms with E-state index < -0.39 is 0 Å². The average Bonchev–Trinajstić information content (AvgIpc) is 2.84. The van der Waals surface area contributed by atoms with Crippen LogP contribution in [0.2, 0.25) is 0 Å². The van der Waals surface area contributed by atoms with Gasteiger partial charge in [-0.2, -0.15) is 0 Å². The maximum Gasteiger partial charge on any atom is 0.327 e. The zero-order chi connectivity index (χ0) is 11.1. The van der Waals surface area contributed by atoms with Crippen molar-refractivity contribution >= 4 is 11.0 Å². The molecule has 1 aliphatic rings. The van der Waals surface area contributed by atoms with Crippen LogP contribution in [0.3, 0.4) is 0 Å². The Morgan fingerprint density at radius 1 is 1.44 bits per heavy atom. The largest absolute Gasteiger partial charge is 0.327 e. The van der Waals surface area contributed by atoms with E-state index in [-0.39, 0.29) is 17.7 Å². The van der Waals surface area contributed by atoms with Crippen LogP contribution >= 0.6 is 0 Å². The van der Waals surface area contributed by atoms with Crippen LogP contribution in [0, 0.1) is 5.82 Å². The van der Waals surface area contributed by atoms with Crippen molar-refractivity contribution in [3.8, 4) is 0 Å². The lowest BCUT2D eigenvalue weighted by Crippen LogP contribution is -2.28. The van der Waals surface area contributed by atoms with E-state index in [9.17, 15) is 9.18 Å². The van der Waals surface area contributed by atoms with E-state index in [0.29, 0.717) is 11.0 Å². The van der Waals surface area contributed by atoms with Gasteiger partial charge >= 0.3 is 5.69 Å². The van der Waals surface area contributed by atoms with Gasteiger partial charge < -0.3 is 4.98 Å². The Morgan fingerprint density at radius 3 is 3.06 bits per heavy atom. The lowest BCUT2D eigenvalue weighted by atomic mass is 10.3. The first-order valence-corrected chi connectivity index (χ1v) is 5.39. The van der Waals surface area contributed by atoms with E-state index in [2.05, 4.69) is 10.3 Å². The van der Waals surface area contributed by atoms with Crippen molar-refractivity contribution in [1.82, 2.24) is 14.9 Å². The molecule has 1 atom stereocenters. The number of benzene rings is 1. The van der Waals surface area contributed by atoms with Crippen molar-refractivity contribution in [3.05, 3.63) is 34.5 Å². The molecule has 1 aromatic carbocycles.